The molecule has 4 heteroatoms. The molecule has 16 heavy (non-hydrogen) atoms. The Morgan fingerprint density at radius 3 is 2.75 bits per heavy atom. The fourth-order valence-corrected chi connectivity index (χ4v) is 2.67. The van der Waals surface area contributed by atoms with Gasteiger partial charge in [0.2, 0.25) is 5.91 Å². The maximum atomic E-state index is 12.3. The third kappa shape index (κ3) is 2.74. The van der Waals surface area contributed by atoms with Gasteiger partial charge in [-0.25, -0.2) is 0 Å². The number of carbonyl (C=O) groups is 1. The molecule has 2 atom stereocenters. The third-order valence-electron chi connectivity index (χ3n) is 3.67. The minimum Gasteiger partial charge on any atom is -0.380 e. The van der Waals surface area contributed by atoms with Crippen molar-refractivity contribution in [1.82, 2.24) is 4.90 Å². The average molecular weight is 226 g/mol. The number of carbonyl (C=O) groups excluding carboxylic acids is 1. The van der Waals surface area contributed by atoms with Crippen LogP contribution in [0.3, 0.4) is 0 Å². The summed E-state index contributed by atoms with van der Waals surface area (Å²) in [5, 5.41) is 0. The molecule has 1 saturated carbocycles. The van der Waals surface area contributed by atoms with E-state index in [9.17, 15) is 4.79 Å². The molecule has 0 bridgehead atoms. The van der Waals surface area contributed by atoms with E-state index in [1.54, 1.807) is 0 Å². The van der Waals surface area contributed by atoms with E-state index in [0.29, 0.717) is 6.61 Å². The van der Waals surface area contributed by atoms with Gasteiger partial charge in [-0.3, -0.25) is 4.79 Å². The van der Waals surface area contributed by atoms with Gasteiger partial charge in [0.25, 0.3) is 0 Å². The quantitative estimate of drug-likeness (QED) is 0.718. The highest BCUT2D eigenvalue weighted by atomic mass is 16.5. The normalized spacial score (nSPS) is 32.2. The van der Waals surface area contributed by atoms with E-state index in [2.05, 4.69) is 0 Å². The van der Waals surface area contributed by atoms with Gasteiger partial charge < -0.3 is 15.4 Å². The lowest BCUT2D eigenvalue weighted by atomic mass is 9.84. The largest absolute Gasteiger partial charge is 0.380 e. The van der Waals surface area contributed by atoms with Gasteiger partial charge in [0.15, 0.2) is 0 Å². The summed E-state index contributed by atoms with van der Waals surface area (Å²) in [5.74, 6) is 0.324. The predicted molar refractivity (Wildman–Crippen MR) is 61.9 cm³/mol. The molecule has 1 heterocycles. The molecule has 1 amide bonds. The molecule has 0 radical (unpaired) electrons. The SMILES string of the molecule is NC1CCCCC1C(=O)N1CCCOCC1. The summed E-state index contributed by atoms with van der Waals surface area (Å²) in [4.78, 5) is 14.3. The molecule has 2 fully saturated rings. The van der Waals surface area contributed by atoms with E-state index in [1.165, 1.54) is 6.42 Å². The van der Waals surface area contributed by atoms with Gasteiger partial charge in [0, 0.05) is 25.7 Å². The van der Waals surface area contributed by atoms with Crippen LogP contribution in [0.2, 0.25) is 0 Å². The molecule has 2 aliphatic rings. The number of nitrogens with zero attached hydrogens (tertiary/aromatic N) is 1. The zero-order valence-corrected chi connectivity index (χ0v) is 9.86. The lowest BCUT2D eigenvalue weighted by Crippen LogP contribution is -2.46. The van der Waals surface area contributed by atoms with Crippen LogP contribution in [0.1, 0.15) is 32.1 Å². The van der Waals surface area contributed by atoms with E-state index in [4.69, 9.17) is 10.5 Å². The Bertz CT molecular complexity index is 237. The van der Waals surface area contributed by atoms with Crippen LogP contribution in [0.15, 0.2) is 0 Å². The van der Waals surface area contributed by atoms with Crippen LogP contribution < -0.4 is 5.73 Å². The van der Waals surface area contributed by atoms with Crippen molar-refractivity contribution in [1.29, 1.82) is 0 Å². The first-order chi connectivity index (χ1) is 7.79. The smallest absolute Gasteiger partial charge is 0.227 e. The van der Waals surface area contributed by atoms with Crippen LogP contribution in [0, 0.1) is 5.92 Å². The molecule has 0 aromatic carbocycles. The van der Waals surface area contributed by atoms with Crippen LogP contribution in [0.4, 0.5) is 0 Å². The van der Waals surface area contributed by atoms with Crippen LogP contribution in [-0.2, 0) is 9.53 Å². The zero-order valence-electron chi connectivity index (χ0n) is 9.86. The molecule has 1 aliphatic carbocycles. The maximum Gasteiger partial charge on any atom is 0.227 e. The molecule has 0 aromatic heterocycles. The lowest BCUT2D eigenvalue weighted by molar-refractivity contribution is -0.137. The molecule has 1 saturated heterocycles. The second kappa shape index (κ2) is 5.64. The zero-order chi connectivity index (χ0) is 11.4. The Hall–Kier alpha value is -0.610. The third-order valence-corrected chi connectivity index (χ3v) is 3.67. The number of hydrogen-bond acceptors (Lipinski definition) is 3. The van der Waals surface area contributed by atoms with Gasteiger partial charge in [-0.1, -0.05) is 12.8 Å². The summed E-state index contributed by atoms with van der Waals surface area (Å²) >= 11 is 0. The van der Waals surface area contributed by atoms with Crippen molar-refractivity contribution in [2.24, 2.45) is 11.7 Å². The second-order valence-corrected chi connectivity index (χ2v) is 4.85. The summed E-state index contributed by atoms with van der Waals surface area (Å²) in [6.45, 7) is 3.03. The molecule has 2 unspecified atom stereocenters. The molecule has 92 valence electrons. The number of amides is 1. The standard InChI is InChI=1S/C12H22N2O2/c13-11-5-2-1-4-10(11)12(15)14-6-3-8-16-9-7-14/h10-11H,1-9,13H2. The number of nitrogens with two attached hydrogens (primary N) is 1. The van der Waals surface area contributed by atoms with E-state index in [0.717, 1.165) is 45.4 Å². The predicted octanol–water partition coefficient (Wildman–Crippen LogP) is 0.753. The van der Waals surface area contributed by atoms with Crippen LogP contribution in [0.25, 0.3) is 0 Å². The second-order valence-electron chi connectivity index (χ2n) is 4.85. The Kier molecular flexibility index (Phi) is 4.18. The summed E-state index contributed by atoms with van der Waals surface area (Å²) in [6, 6.07) is 0.0745. The van der Waals surface area contributed by atoms with E-state index in [1.807, 2.05) is 4.90 Å². The molecule has 2 N–H and O–H groups in total. The van der Waals surface area contributed by atoms with Crippen molar-refractivity contribution in [3.05, 3.63) is 0 Å². The Balaban J connectivity index is 1.93. The van der Waals surface area contributed by atoms with Crippen molar-refractivity contribution in [3.63, 3.8) is 0 Å². The molecule has 2 rings (SSSR count). The number of ether oxygens (including phenoxy) is 1. The van der Waals surface area contributed by atoms with Crippen molar-refractivity contribution in [2.45, 2.75) is 38.1 Å². The summed E-state index contributed by atoms with van der Waals surface area (Å²) in [6.07, 6.45) is 5.24. The van der Waals surface area contributed by atoms with Crippen LogP contribution >= 0.6 is 0 Å². The Morgan fingerprint density at radius 1 is 1.12 bits per heavy atom. The van der Waals surface area contributed by atoms with Gasteiger partial charge >= 0.3 is 0 Å². The van der Waals surface area contributed by atoms with Gasteiger partial charge in [0.05, 0.1) is 12.5 Å². The highest BCUT2D eigenvalue weighted by Gasteiger charge is 2.31. The highest BCUT2D eigenvalue weighted by Crippen LogP contribution is 2.25. The van der Waals surface area contributed by atoms with Crippen molar-refractivity contribution in [2.75, 3.05) is 26.3 Å². The summed E-state index contributed by atoms with van der Waals surface area (Å²) in [7, 11) is 0. The molecule has 1 aliphatic heterocycles. The van der Waals surface area contributed by atoms with Crippen molar-refractivity contribution < 1.29 is 9.53 Å². The first-order valence-corrected chi connectivity index (χ1v) is 6.41. The molecule has 0 aromatic rings. The van der Waals surface area contributed by atoms with Gasteiger partial charge in [-0.15, -0.1) is 0 Å². The summed E-state index contributed by atoms with van der Waals surface area (Å²) in [5.41, 5.74) is 6.05. The first-order valence-electron chi connectivity index (χ1n) is 6.41. The van der Waals surface area contributed by atoms with Gasteiger partial charge in [-0.05, 0) is 19.3 Å². The number of rotatable bonds is 1. The maximum absolute atomic E-state index is 12.3. The average Bonchev–Trinajstić information content (AvgIpc) is 2.57. The van der Waals surface area contributed by atoms with E-state index < -0.39 is 0 Å². The molecule has 4 nitrogen and oxygen atoms in total. The monoisotopic (exact) mass is 226 g/mol. The first kappa shape index (κ1) is 11.9. The Morgan fingerprint density at radius 2 is 1.94 bits per heavy atom. The number of hydrogen-bond donors (Lipinski definition) is 1. The van der Waals surface area contributed by atoms with Gasteiger partial charge in [-0.2, -0.15) is 0 Å². The molecule has 0 spiro atoms. The van der Waals surface area contributed by atoms with Crippen LogP contribution in [-0.4, -0.2) is 43.2 Å². The van der Waals surface area contributed by atoms with Crippen molar-refractivity contribution >= 4 is 5.91 Å². The fourth-order valence-electron chi connectivity index (χ4n) is 2.67. The topological polar surface area (TPSA) is 55.6 Å². The van der Waals surface area contributed by atoms with E-state index in [-0.39, 0.29) is 17.9 Å². The lowest BCUT2D eigenvalue weighted by Gasteiger charge is -2.32. The molecular formula is C12H22N2O2. The van der Waals surface area contributed by atoms with E-state index >= 15 is 0 Å². The van der Waals surface area contributed by atoms with Gasteiger partial charge in [0.1, 0.15) is 0 Å². The molecular weight excluding hydrogens is 204 g/mol. The minimum absolute atomic E-state index is 0.0619. The minimum atomic E-state index is 0.0619. The van der Waals surface area contributed by atoms with Crippen molar-refractivity contribution in [3.8, 4) is 0 Å². The van der Waals surface area contributed by atoms with Crippen LogP contribution in [0.5, 0.6) is 0 Å². The fraction of sp³-hybridized carbons (Fsp3) is 0.917. The Labute approximate surface area is 97.1 Å². The summed E-state index contributed by atoms with van der Waals surface area (Å²) < 4.78 is 5.36. The highest BCUT2D eigenvalue weighted by molar-refractivity contribution is 5.79.